The smallest absolute Gasteiger partial charge is 0.305 e. The monoisotopic (exact) mass is 376 g/mol. The molecule has 132 valence electrons. The minimum absolute atomic E-state index is 0.273. The van der Waals surface area contributed by atoms with Crippen molar-refractivity contribution < 1.29 is 13.6 Å². The van der Waals surface area contributed by atoms with Gasteiger partial charge >= 0.3 is 7.60 Å². The van der Waals surface area contributed by atoms with E-state index in [0.29, 0.717) is 15.9 Å². The average Bonchev–Trinajstić information content (AvgIpc) is 2.61. The number of halogens is 1. The maximum absolute atomic E-state index is 13.1. The summed E-state index contributed by atoms with van der Waals surface area (Å²) >= 11 is 6.09. The second-order valence-electron chi connectivity index (χ2n) is 5.29. The molecule has 0 aliphatic heterocycles. The first-order valence-electron chi connectivity index (χ1n) is 8.32. The summed E-state index contributed by atoms with van der Waals surface area (Å²) in [6.07, 6.45) is 0.987. The van der Waals surface area contributed by atoms with Crippen molar-refractivity contribution >= 4 is 24.5 Å². The number of benzene rings is 2. The predicted octanol–water partition coefficient (Wildman–Crippen LogP) is 5.19. The van der Waals surface area contributed by atoms with Crippen LogP contribution in [0.1, 0.15) is 37.5 Å². The van der Waals surface area contributed by atoms with Gasteiger partial charge in [0, 0.05) is 16.1 Å². The molecule has 0 radical (unpaired) electrons. The highest BCUT2D eigenvalue weighted by Gasteiger charge is 2.29. The van der Waals surface area contributed by atoms with Gasteiger partial charge in [-0.2, -0.15) is 0 Å². The molecule has 2 aromatic rings. The Morgan fingerprint density at radius 3 is 2.16 bits per heavy atom. The molecule has 0 saturated carbocycles. The summed E-state index contributed by atoms with van der Waals surface area (Å²) in [5, 5.41) is 0.869. The van der Waals surface area contributed by atoms with Gasteiger partial charge in [0.2, 0.25) is 0 Å². The molecular formula is C20H22ClO3P. The van der Waals surface area contributed by atoms with E-state index in [9.17, 15) is 4.57 Å². The first-order valence-corrected chi connectivity index (χ1v) is 10.2. The topological polar surface area (TPSA) is 35.5 Å². The summed E-state index contributed by atoms with van der Waals surface area (Å²) in [5.74, 6) is 6.18. The van der Waals surface area contributed by atoms with Crippen molar-refractivity contribution in [2.75, 3.05) is 13.2 Å². The molecule has 0 spiro atoms. The van der Waals surface area contributed by atoms with E-state index >= 15 is 0 Å². The molecular weight excluding hydrogens is 355 g/mol. The van der Waals surface area contributed by atoms with E-state index in [2.05, 4.69) is 30.9 Å². The zero-order valence-corrected chi connectivity index (χ0v) is 16.4. The Hall–Kier alpha value is -1.56. The van der Waals surface area contributed by atoms with Crippen LogP contribution in [0.3, 0.4) is 0 Å². The van der Waals surface area contributed by atoms with E-state index < -0.39 is 7.60 Å². The van der Waals surface area contributed by atoms with Crippen molar-refractivity contribution in [3.63, 3.8) is 0 Å². The Morgan fingerprint density at radius 2 is 1.60 bits per heavy atom. The highest BCUT2D eigenvalue weighted by molar-refractivity contribution is 7.62. The fourth-order valence-electron chi connectivity index (χ4n) is 2.32. The van der Waals surface area contributed by atoms with E-state index in [-0.39, 0.29) is 13.2 Å². The van der Waals surface area contributed by atoms with Crippen LogP contribution in [0.4, 0.5) is 0 Å². The summed E-state index contributed by atoms with van der Waals surface area (Å²) in [5.41, 5.74) is 2.74. The van der Waals surface area contributed by atoms with Crippen LogP contribution in [0.25, 0.3) is 0 Å². The first-order chi connectivity index (χ1) is 12.0. The van der Waals surface area contributed by atoms with Gasteiger partial charge in [0.05, 0.1) is 18.5 Å². The normalized spacial score (nSPS) is 11.0. The van der Waals surface area contributed by atoms with E-state index in [4.69, 9.17) is 20.6 Å². The van der Waals surface area contributed by atoms with Gasteiger partial charge in [-0.05, 0) is 56.2 Å². The van der Waals surface area contributed by atoms with E-state index in [1.54, 1.807) is 32.0 Å². The van der Waals surface area contributed by atoms with Gasteiger partial charge in [-0.3, -0.25) is 4.57 Å². The SMILES string of the molecule is CCOP(=O)(OCC)c1cc(Cl)ccc1C#Cc1ccc(CC)cc1. The van der Waals surface area contributed by atoms with Crippen LogP contribution in [-0.2, 0) is 20.0 Å². The molecule has 0 aliphatic carbocycles. The summed E-state index contributed by atoms with van der Waals surface area (Å²) in [6, 6.07) is 13.1. The molecule has 0 aromatic heterocycles. The number of hydrogen-bond donors (Lipinski definition) is 0. The number of hydrogen-bond acceptors (Lipinski definition) is 3. The molecule has 2 rings (SSSR count). The van der Waals surface area contributed by atoms with Crippen LogP contribution in [0.5, 0.6) is 0 Å². The van der Waals surface area contributed by atoms with Crippen molar-refractivity contribution in [2.24, 2.45) is 0 Å². The maximum atomic E-state index is 13.1. The Kier molecular flexibility index (Phi) is 7.29. The Balaban J connectivity index is 2.45. The summed E-state index contributed by atoms with van der Waals surface area (Å²) < 4.78 is 24.0. The molecule has 25 heavy (non-hydrogen) atoms. The van der Waals surface area contributed by atoms with Crippen LogP contribution in [0, 0.1) is 11.8 Å². The van der Waals surface area contributed by atoms with E-state index in [1.165, 1.54) is 5.56 Å². The highest BCUT2D eigenvalue weighted by Crippen LogP contribution is 2.48. The lowest BCUT2D eigenvalue weighted by molar-refractivity contribution is 0.230. The lowest BCUT2D eigenvalue weighted by Crippen LogP contribution is -2.14. The van der Waals surface area contributed by atoms with E-state index in [1.807, 2.05) is 12.1 Å². The minimum Gasteiger partial charge on any atom is -0.305 e. The van der Waals surface area contributed by atoms with Crippen molar-refractivity contribution in [3.8, 4) is 11.8 Å². The Bertz CT molecular complexity index is 809. The van der Waals surface area contributed by atoms with Gasteiger partial charge in [-0.15, -0.1) is 0 Å². The molecule has 2 aromatic carbocycles. The lowest BCUT2D eigenvalue weighted by atomic mass is 10.1. The standard InChI is InChI=1S/C20H22ClO3P/c1-4-16-7-9-17(10-8-16)11-12-18-13-14-19(21)15-20(18)25(22,23-5-2)24-6-3/h7-10,13-15H,4-6H2,1-3H3. The van der Waals surface area contributed by atoms with Crippen LogP contribution in [-0.4, -0.2) is 13.2 Å². The van der Waals surface area contributed by atoms with E-state index in [0.717, 1.165) is 12.0 Å². The highest BCUT2D eigenvalue weighted by atomic mass is 35.5. The van der Waals surface area contributed by atoms with Gasteiger partial charge in [-0.1, -0.05) is 42.5 Å². The fourth-order valence-corrected chi connectivity index (χ4v) is 4.32. The molecule has 0 N–H and O–H groups in total. The van der Waals surface area contributed by atoms with Crippen molar-refractivity contribution in [2.45, 2.75) is 27.2 Å². The third kappa shape index (κ3) is 5.21. The molecule has 0 aliphatic rings. The van der Waals surface area contributed by atoms with Crippen LogP contribution in [0.2, 0.25) is 5.02 Å². The third-order valence-electron chi connectivity index (χ3n) is 3.56. The summed E-state index contributed by atoms with van der Waals surface area (Å²) in [6.45, 7) is 6.21. The van der Waals surface area contributed by atoms with Gasteiger partial charge < -0.3 is 9.05 Å². The Labute approximate surface area is 154 Å². The molecule has 0 unspecified atom stereocenters. The molecule has 0 bridgehead atoms. The zero-order valence-electron chi connectivity index (χ0n) is 14.7. The van der Waals surface area contributed by atoms with Gasteiger partial charge in [0.1, 0.15) is 0 Å². The molecule has 0 saturated heterocycles. The van der Waals surface area contributed by atoms with Crippen molar-refractivity contribution in [1.82, 2.24) is 0 Å². The van der Waals surface area contributed by atoms with Gasteiger partial charge in [0.15, 0.2) is 0 Å². The van der Waals surface area contributed by atoms with Crippen LogP contribution < -0.4 is 5.30 Å². The van der Waals surface area contributed by atoms with Crippen LogP contribution >= 0.6 is 19.2 Å². The zero-order chi connectivity index (χ0) is 18.3. The first kappa shape index (κ1) is 19.8. The van der Waals surface area contributed by atoms with Gasteiger partial charge in [0.25, 0.3) is 0 Å². The lowest BCUT2D eigenvalue weighted by Gasteiger charge is -2.18. The van der Waals surface area contributed by atoms with Gasteiger partial charge in [-0.25, -0.2) is 0 Å². The molecule has 0 atom stereocenters. The fraction of sp³-hybridized carbons (Fsp3) is 0.300. The number of aryl methyl sites for hydroxylation is 1. The predicted molar refractivity (Wildman–Crippen MR) is 104 cm³/mol. The Morgan fingerprint density at radius 1 is 0.960 bits per heavy atom. The molecule has 0 amide bonds. The second-order valence-corrected chi connectivity index (χ2v) is 7.72. The summed E-state index contributed by atoms with van der Waals surface area (Å²) in [4.78, 5) is 0. The largest absolute Gasteiger partial charge is 0.362 e. The second kappa shape index (κ2) is 9.22. The minimum atomic E-state index is -3.46. The molecule has 0 heterocycles. The molecule has 0 fully saturated rings. The quantitative estimate of drug-likeness (QED) is 0.514. The average molecular weight is 377 g/mol. The van der Waals surface area contributed by atoms with Crippen molar-refractivity contribution in [1.29, 1.82) is 0 Å². The number of rotatable bonds is 6. The van der Waals surface area contributed by atoms with Crippen LogP contribution in [0.15, 0.2) is 42.5 Å². The molecule has 5 heteroatoms. The maximum Gasteiger partial charge on any atom is 0.362 e. The summed E-state index contributed by atoms with van der Waals surface area (Å²) in [7, 11) is -3.46. The van der Waals surface area contributed by atoms with Crippen molar-refractivity contribution in [3.05, 3.63) is 64.2 Å². The molecule has 3 nitrogen and oxygen atoms in total. The third-order valence-corrected chi connectivity index (χ3v) is 5.95.